The number of hydrogen-bond acceptors (Lipinski definition) is 4. The van der Waals surface area contributed by atoms with Gasteiger partial charge in [0.2, 0.25) is 5.88 Å². The molecule has 1 aromatic heterocycles. The summed E-state index contributed by atoms with van der Waals surface area (Å²) in [6, 6.07) is 1.77. The van der Waals surface area contributed by atoms with Crippen LogP contribution in [0.2, 0.25) is 0 Å². The summed E-state index contributed by atoms with van der Waals surface area (Å²) in [6.45, 7) is 2.65. The van der Waals surface area contributed by atoms with Gasteiger partial charge in [0.15, 0.2) is 0 Å². The van der Waals surface area contributed by atoms with Crippen LogP contribution in [0.25, 0.3) is 0 Å². The van der Waals surface area contributed by atoms with Crippen molar-refractivity contribution < 1.29 is 14.3 Å². The van der Waals surface area contributed by atoms with Crippen LogP contribution >= 0.6 is 0 Å². The van der Waals surface area contributed by atoms with E-state index in [0.717, 1.165) is 0 Å². The van der Waals surface area contributed by atoms with Crippen LogP contribution in [0, 0.1) is 5.41 Å². The van der Waals surface area contributed by atoms with Gasteiger partial charge >= 0.3 is 5.97 Å². The standard InChI is InChI=1S/C9H12N2O3/c1-9(8(12)13-2)5-11-7(14-6-9)3-4-10-11/h3-4H,5-6H2,1-2H3. The summed E-state index contributed by atoms with van der Waals surface area (Å²) in [5.41, 5.74) is -0.631. The van der Waals surface area contributed by atoms with Gasteiger partial charge in [-0.2, -0.15) is 5.10 Å². The Hall–Kier alpha value is -1.52. The lowest BCUT2D eigenvalue weighted by atomic mass is 9.91. The van der Waals surface area contributed by atoms with E-state index in [4.69, 9.17) is 9.47 Å². The lowest BCUT2D eigenvalue weighted by Crippen LogP contribution is -2.42. The van der Waals surface area contributed by atoms with Crippen molar-refractivity contribution in [3.8, 4) is 5.88 Å². The van der Waals surface area contributed by atoms with Crippen molar-refractivity contribution >= 4 is 5.97 Å². The molecule has 1 aliphatic heterocycles. The number of aromatic nitrogens is 2. The van der Waals surface area contributed by atoms with Crippen molar-refractivity contribution in [2.45, 2.75) is 13.5 Å². The Kier molecular flexibility index (Phi) is 1.94. The van der Waals surface area contributed by atoms with Crippen LogP contribution in [0.4, 0.5) is 0 Å². The molecule has 14 heavy (non-hydrogen) atoms. The Morgan fingerprint density at radius 3 is 3.29 bits per heavy atom. The third-order valence-electron chi connectivity index (χ3n) is 2.39. The number of rotatable bonds is 1. The fourth-order valence-corrected chi connectivity index (χ4v) is 1.54. The number of nitrogens with zero attached hydrogens (tertiary/aromatic N) is 2. The van der Waals surface area contributed by atoms with Gasteiger partial charge in [-0.05, 0) is 6.92 Å². The predicted octanol–water partition coefficient (Wildman–Crippen LogP) is 0.455. The van der Waals surface area contributed by atoms with Gasteiger partial charge in [-0.1, -0.05) is 0 Å². The fourth-order valence-electron chi connectivity index (χ4n) is 1.54. The lowest BCUT2D eigenvalue weighted by Gasteiger charge is -2.31. The van der Waals surface area contributed by atoms with Crippen LogP contribution in [-0.2, 0) is 16.1 Å². The first kappa shape index (κ1) is 9.05. The van der Waals surface area contributed by atoms with Gasteiger partial charge in [0.1, 0.15) is 12.0 Å². The minimum Gasteiger partial charge on any atom is -0.477 e. The Balaban J connectivity index is 2.25. The van der Waals surface area contributed by atoms with E-state index in [2.05, 4.69) is 5.10 Å². The molecule has 0 amide bonds. The maximum absolute atomic E-state index is 11.5. The Morgan fingerprint density at radius 2 is 2.57 bits per heavy atom. The molecule has 76 valence electrons. The molecule has 5 heteroatoms. The van der Waals surface area contributed by atoms with Gasteiger partial charge in [0, 0.05) is 6.07 Å². The van der Waals surface area contributed by atoms with E-state index in [1.54, 1.807) is 16.9 Å². The topological polar surface area (TPSA) is 53.4 Å². The normalized spacial score (nSPS) is 25.0. The first-order chi connectivity index (χ1) is 6.65. The van der Waals surface area contributed by atoms with E-state index in [9.17, 15) is 4.79 Å². The molecule has 0 aromatic carbocycles. The molecule has 0 saturated heterocycles. The van der Waals surface area contributed by atoms with Gasteiger partial charge in [0.25, 0.3) is 0 Å². The fraction of sp³-hybridized carbons (Fsp3) is 0.556. The average Bonchev–Trinajstić information content (AvgIpc) is 2.63. The third kappa shape index (κ3) is 1.25. The Bertz CT molecular complexity index is 361. The molecular weight excluding hydrogens is 184 g/mol. The molecular formula is C9H12N2O3. The SMILES string of the molecule is COC(=O)C1(C)COc2ccnn2C1. The quantitative estimate of drug-likeness (QED) is 0.612. The van der Waals surface area contributed by atoms with Crippen LogP contribution in [0.5, 0.6) is 5.88 Å². The molecule has 0 fully saturated rings. The molecule has 1 aliphatic rings. The molecule has 0 radical (unpaired) electrons. The van der Waals surface area contributed by atoms with Crippen LogP contribution in [-0.4, -0.2) is 29.5 Å². The van der Waals surface area contributed by atoms with Crippen molar-refractivity contribution in [2.24, 2.45) is 5.41 Å². The number of ether oxygens (including phenoxy) is 2. The van der Waals surface area contributed by atoms with Gasteiger partial charge in [-0.25, -0.2) is 4.68 Å². The molecule has 0 spiro atoms. The van der Waals surface area contributed by atoms with E-state index in [1.165, 1.54) is 7.11 Å². The number of methoxy groups -OCH3 is 1. The second-order valence-electron chi connectivity index (χ2n) is 3.67. The highest BCUT2D eigenvalue weighted by Crippen LogP contribution is 2.29. The second-order valence-corrected chi connectivity index (χ2v) is 3.67. The van der Waals surface area contributed by atoms with Gasteiger partial charge in [0.05, 0.1) is 19.9 Å². The summed E-state index contributed by atoms with van der Waals surface area (Å²) in [6.07, 6.45) is 1.65. The summed E-state index contributed by atoms with van der Waals surface area (Å²) >= 11 is 0. The zero-order valence-electron chi connectivity index (χ0n) is 8.19. The predicted molar refractivity (Wildman–Crippen MR) is 47.8 cm³/mol. The van der Waals surface area contributed by atoms with Crippen LogP contribution in [0.15, 0.2) is 12.3 Å². The molecule has 0 bridgehead atoms. The number of esters is 1. The smallest absolute Gasteiger partial charge is 0.316 e. The Labute approximate surface area is 81.6 Å². The van der Waals surface area contributed by atoms with E-state index in [0.29, 0.717) is 19.0 Å². The van der Waals surface area contributed by atoms with E-state index in [-0.39, 0.29) is 5.97 Å². The molecule has 2 heterocycles. The second kappa shape index (κ2) is 3.01. The van der Waals surface area contributed by atoms with Crippen LogP contribution < -0.4 is 4.74 Å². The third-order valence-corrected chi connectivity index (χ3v) is 2.39. The first-order valence-electron chi connectivity index (χ1n) is 4.39. The van der Waals surface area contributed by atoms with Gasteiger partial charge < -0.3 is 9.47 Å². The van der Waals surface area contributed by atoms with E-state index >= 15 is 0 Å². The number of fused-ring (bicyclic) bond motifs is 1. The highest BCUT2D eigenvalue weighted by Gasteiger charge is 2.40. The molecule has 0 saturated carbocycles. The van der Waals surface area contributed by atoms with Crippen molar-refractivity contribution in [1.29, 1.82) is 0 Å². The van der Waals surface area contributed by atoms with Gasteiger partial charge in [-0.3, -0.25) is 4.79 Å². The van der Waals surface area contributed by atoms with Crippen LogP contribution in [0.3, 0.4) is 0 Å². The summed E-state index contributed by atoms with van der Waals surface area (Å²) in [7, 11) is 1.38. The number of carbonyl (C=O) groups is 1. The lowest BCUT2D eigenvalue weighted by molar-refractivity contribution is -0.156. The summed E-state index contributed by atoms with van der Waals surface area (Å²) in [5.74, 6) is 0.435. The van der Waals surface area contributed by atoms with E-state index in [1.807, 2.05) is 6.92 Å². The molecule has 0 aliphatic carbocycles. The monoisotopic (exact) mass is 196 g/mol. The molecule has 1 aromatic rings. The van der Waals surface area contributed by atoms with Crippen LogP contribution in [0.1, 0.15) is 6.92 Å². The zero-order valence-corrected chi connectivity index (χ0v) is 8.19. The van der Waals surface area contributed by atoms with Gasteiger partial charge in [-0.15, -0.1) is 0 Å². The summed E-state index contributed by atoms with van der Waals surface area (Å²) < 4.78 is 11.8. The highest BCUT2D eigenvalue weighted by molar-refractivity contribution is 5.76. The maximum atomic E-state index is 11.5. The maximum Gasteiger partial charge on any atom is 0.316 e. The van der Waals surface area contributed by atoms with E-state index < -0.39 is 5.41 Å². The molecule has 0 N–H and O–H groups in total. The highest BCUT2D eigenvalue weighted by atomic mass is 16.5. The molecule has 1 atom stereocenters. The Morgan fingerprint density at radius 1 is 1.79 bits per heavy atom. The van der Waals surface area contributed by atoms with Crippen molar-refractivity contribution in [2.75, 3.05) is 13.7 Å². The van der Waals surface area contributed by atoms with Crippen molar-refractivity contribution in [3.05, 3.63) is 12.3 Å². The molecule has 1 unspecified atom stereocenters. The minimum atomic E-state index is -0.631. The first-order valence-corrected chi connectivity index (χ1v) is 4.39. The number of carbonyl (C=O) groups excluding carboxylic acids is 1. The minimum absolute atomic E-state index is 0.265. The summed E-state index contributed by atoms with van der Waals surface area (Å²) in [5, 5.41) is 4.05. The average molecular weight is 196 g/mol. The molecule has 2 rings (SSSR count). The summed E-state index contributed by atoms with van der Waals surface area (Å²) in [4.78, 5) is 11.5. The van der Waals surface area contributed by atoms with Crippen molar-refractivity contribution in [3.63, 3.8) is 0 Å². The zero-order chi connectivity index (χ0) is 10.2. The molecule has 5 nitrogen and oxygen atoms in total. The van der Waals surface area contributed by atoms with Crippen molar-refractivity contribution in [1.82, 2.24) is 9.78 Å². The number of hydrogen-bond donors (Lipinski definition) is 0. The largest absolute Gasteiger partial charge is 0.477 e.